The van der Waals surface area contributed by atoms with E-state index >= 15 is 0 Å². The van der Waals surface area contributed by atoms with Crippen molar-refractivity contribution in [2.75, 3.05) is 7.05 Å². The number of rotatable bonds is 5. The molecular weight excluding hydrogens is 232 g/mol. The molecule has 0 aliphatic rings. The number of amides is 1. The van der Waals surface area contributed by atoms with Crippen LogP contribution >= 0.6 is 11.3 Å². The first-order valence-electron chi connectivity index (χ1n) is 5.78. The molecule has 3 nitrogen and oxygen atoms in total. The molecule has 0 fully saturated rings. The van der Waals surface area contributed by atoms with Crippen molar-refractivity contribution < 1.29 is 4.79 Å². The second-order valence-electron chi connectivity index (χ2n) is 4.14. The van der Waals surface area contributed by atoms with Crippen LogP contribution in [-0.4, -0.2) is 17.9 Å². The summed E-state index contributed by atoms with van der Waals surface area (Å²) in [5, 5.41) is 11.2. The monoisotopic (exact) mass is 250 g/mol. The maximum atomic E-state index is 12.3. The zero-order chi connectivity index (χ0) is 12.9. The fourth-order valence-corrected chi connectivity index (χ4v) is 2.59. The van der Waals surface area contributed by atoms with Gasteiger partial charge in [-0.3, -0.25) is 4.79 Å². The molecule has 0 spiro atoms. The highest BCUT2D eigenvalue weighted by Gasteiger charge is 2.37. The van der Waals surface area contributed by atoms with Crippen molar-refractivity contribution in [3.8, 4) is 6.07 Å². The van der Waals surface area contributed by atoms with Gasteiger partial charge >= 0.3 is 0 Å². The molecule has 0 atom stereocenters. The normalized spacial score (nSPS) is 10.9. The molecule has 92 valence electrons. The molecule has 0 radical (unpaired) electrons. The van der Waals surface area contributed by atoms with E-state index in [1.165, 1.54) is 0 Å². The molecule has 0 saturated heterocycles. The van der Waals surface area contributed by atoms with Gasteiger partial charge in [0.1, 0.15) is 5.41 Å². The van der Waals surface area contributed by atoms with Gasteiger partial charge in [0, 0.05) is 11.9 Å². The molecule has 1 amide bonds. The Morgan fingerprint density at radius 3 is 2.59 bits per heavy atom. The molecule has 0 aliphatic carbocycles. The van der Waals surface area contributed by atoms with E-state index in [0.717, 1.165) is 4.88 Å². The summed E-state index contributed by atoms with van der Waals surface area (Å²) in [6.07, 6.45) is 1.13. The highest BCUT2D eigenvalue weighted by molar-refractivity contribution is 7.09. The average Bonchev–Trinajstić information content (AvgIpc) is 2.84. The van der Waals surface area contributed by atoms with Crippen LogP contribution in [0.3, 0.4) is 0 Å². The van der Waals surface area contributed by atoms with Crippen LogP contribution in [0.4, 0.5) is 0 Å². The van der Waals surface area contributed by atoms with Crippen molar-refractivity contribution in [3.05, 3.63) is 22.4 Å². The molecule has 1 heterocycles. The fraction of sp³-hybridized carbons (Fsp3) is 0.538. The third-order valence-electron chi connectivity index (χ3n) is 3.15. The van der Waals surface area contributed by atoms with Crippen molar-refractivity contribution in [1.29, 1.82) is 5.26 Å². The van der Waals surface area contributed by atoms with E-state index in [4.69, 9.17) is 0 Å². The fourth-order valence-electron chi connectivity index (χ4n) is 1.83. The topological polar surface area (TPSA) is 44.1 Å². The van der Waals surface area contributed by atoms with Gasteiger partial charge in [-0.1, -0.05) is 19.9 Å². The average molecular weight is 250 g/mol. The Morgan fingerprint density at radius 1 is 1.53 bits per heavy atom. The number of hydrogen-bond acceptors (Lipinski definition) is 3. The summed E-state index contributed by atoms with van der Waals surface area (Å²) in [6, 6.07) is 6.16. The summed E-state index contributed by atoms with van der Waals surface area (Å²) in [5.74, 6) is -0.0709. The molecule has 0 saturated carbocycles. The number of hydrogen-bond donors (Lipinski definition) is 0. The van der Waals surface area contributed by atoms with Gasteiger partial charge in [0.2, 0.25) is 5.91 Å². The molecule has 1 rings (SSSR count). The van der Waals surface area contributed by atoms with Crippen molar-refractivity contribution in [2.24, 2.45) is 5.41 Å². The van der Waals surface area contributed by atoms with Crippen molar-refractivity contribution >= 4 is 17.2 Å². The highest BCUT2D eigenvalue weighted by atomic mass is 32.1. The van der Waals surface area contributed by atoms with Gasteiger partial charge in [-0.05, 0) is 24.3 Å². The maximum absolute atomic E-state index is 12.3. The van der Waals surface area contributed by atoms with E-state index in [1.54, 1.807) is 23.3 Å². The van der Waals surface area contributed by atoms with Gasteiger partial charge < -0.3 is 4.90 Å². The quantitative estimate of drug-likeness (QED) is 0.806. The van der Waals surface area contributed by atoms with E-state index in [1.807, 2.05) is 31.4 Å². The van der Waals surface area contributed by atoms with Gasteiger partial charge in [-0.15, -0.1) is 11.3 Å². The van der Waals surface area contributed by atoms with Gasteiger partial charge in [0.25, 0.3) is 0 Å². The maximum Gasteiger partial charge on any atom is 0.243 e. The van der Waals surface area contributed by atoms with E-state index in [9.17, 15) is 10.1 Å². The molecular formula is C13H18N2OS. The molecule has 17 heavy (non-hydrogen) atoms. The van der Waals surface area contributed by atoms with Crippen LogP contribution in [0.25, 0.3) is 0 Å². The molecule has 1 aromatic rings. The predicted octanol–water partition coefficient (Wildman–Crippen LogP) is 3.04. The lowest BCUT2D eigenvalue weighted by Gasteiger charge is -2.28. The highest BCUT2D eigenvalue weighted by Crippen LogP contribution is 2.28. The smallest absolute Gasteiger partial charge is 0.243 e. The molecule has 0 bridgehead atoms. The Kier molecular flexibility index (Phi) is 4.71. The lowest BCUT2D eigenvalue weighted by atomic mass is 9.82. The lowest BCUT2D eigenvalue weighted by molar-refractivity contribution is -0.138. The standard InChI is InChI=1S/C13H18N2OS/c1-4-13(5-2,10-14)12(16)15(3)9-11-7-6-8-17-11/h6-8H,4-5,9H2,1-3H3. The minimum absolute atomic E-state index is 0.0709. The molecule has 0 aromatic carbocycles. The Labute approximate surface area is 107 Å². The summed E-state index contributed by atoms with van der Waals surface area (Å²) < 4.78 is 0. The van der Waals surface area contributed by atoms with E-state index in [2.05, 4.69) is 6.07 Å². The summed E-state index contributed by atoms with van der Waals surface area (Å²) in [7, 11) is 1.76. The number of carbonyl (C=O) groups excluding carboxylic acids is 1. The second-order valence-corrected chi connectivity index (χ2v) is 5.17. The Morgan fingerprint density at radius 2 is 2.18 bits per heavy atom. The van der Waals surface area contributed by atoms with E-state index in [-0.39, 0.29) is 5.91 Å². The molecule has 0 N–H and O–H groups in total. The number of nitriles is 1. The SMILES string of the molecule is CCC(C#N)(CC)C(=O)N(C)Cc1cccs1. The van der Waals surface area contributed by atoms with Crippen molar-refractivity contribution in [3.63, 3.8) is 0 Å². The summed E-state index contributed by atoms with van der Waals surface area (Å²) in [6.45, 7) is 4.37. The Hall–Kier alpha value is -1.34. The van der Waals surface area contributed by atoms with E-state index < -0.39 is 5.41 Å². The van der Waals surface area contributed by atoms with Gasteiger partial charge in [-0.25, -0.2) is 0 Å². The first kappa shape index (κ1) is 13.7. The summed E-state index contributed by atoms with van der Waals surface area (Å²) in [4.78, 5) is 15.1. The zero-order valence-corrected chi connectivity index (χ0v) is 11.4. The minimum Gasteiger partial charge on any atom is -0.339 e. The largest absolute Gasteiger partial charge is 0.339 e. The minimum atomic E-state index is -0.855. The van der Waals surface area contributed by atoms with Crippen LogP contribution in [0.15, 0.2) is 17.5 Å². The lowest BCUT2D eigenvalue weighted by Crippen LogP contribution is -2.40. The number of thiophene rings is 1. The van der Waals surface area contributed by atoms with Crippen molar-refractivity contribution in [1.82, 2.24) is 4.90 Å². The molecule has 0 unspecified atom stereocenters. The molecule has 4 heteroatoms. The number of nitrogens with zero attached hydrogens (tertiary/aromatic N) is 2. The van der Waals surface area contributed by atoms with Crippen LogP contribution in [0.5, 0.6) is 0 Å². The Balaban J connectivity index is 2.78. The Bertz CT molecular complexity index is 402. The molecule has 0 aliphatic heterocycles. The van der Waals surface area contributed by atoms with Gasteiger partial charge in [0.15, 0.2) is 0 Å². The van der Waals surface area contributed by atoms with Gasteiger partial charge in [-0.2, -0.15) is 5.26 Å². The van der Waals surface area contributed by atoms with Crippen LogP contribution in [0, 0.1) is 16.7 Å². The third-order valence-corrected chi connectivity index (χ3v) is 4.01. The second kappa shape index (κ2) is 5.83. The first-order chi connectivity index (χ1) is 8.09. The van der Waals surface area contributed by atoms with E-state index in [0.29, 0.717) is 19.4 Å². The van der Waals surface area contributed by atoms with Gasteiger partial charge in [0.05, 0.1) is 12.6 Å². The molecule has 1 aromatic heterocycles. The first-order valence-corrected chi connectivity index (χ1v) is 6.66. The zero-order valence-electron chi connectivity index (χ0n) is 10.6. The van der Waals surface area contributed by atoms with Crippen molar-refractivity contribution in [2.45, 2.75) is 33.2 Å². The predicted molar refractivity (Wildman–Crippen MR) is 69.4 cm³/mol. The van der Waals surface area contributed by atoms with Crippen LogP contribution in [0.2, 0.25) is 0 Å². The third kappa shape index (κ3) is 2.86. The summed E-state index contributed by atoms with van der Waals surface area (Å²) in [5.41, 5.74) is -0.855. The van der Waals surface area contributed by atoms with Crippen LogP contribution in [0.1, 0.15) is 31.6 Å². The van der Waals surface area contributed by atoms with Crippen LogP contribution < -0.4 is 0 Å². The summed E-state index contributed by atoms with van der Waals surface area (Å²) >= 11 is 1.63. The number of carbonyl (C=O) groups is 1. The van der Waals surface area contributed by atoms with Crippen LogP contribution in [-0.2, 0) is 11.3 Å².